The van der Waals surface area contributed by atoms with E-state index in [-0.39, 0.29) is 12.3 Å². The number of hydrogen-bond acceptors (Lipinski definition) is 4. The maximum Gasteiger partial charge on any atom is 0.354 e. The molecule has 0 amide bonds. The lowest BCUT2D eigenvalue weighted by atomic mass is 10.2. The molecule has 5 heteroatoms. The van der Waals surface area contributed by atoms with Crippen LogP contribution in [0.3, 0.4) is 0 Å². The van der Waals surface area contributed by atoms with Gasteiger partial charge in [-0.25, -0.2) is 14.8 Å². The SMILES string of the molecule is COCc1ncc(C)c(C(=O)O)n1. The standard InChI is InChI=1S/C8H10N2O3/c1-5-3-9-6(4-13-2)10-7(5)8(11)12/h3H,4H2,1-2H3,(H,11,12). The van der Waals surface area contributed by atoms with Gasteiger partial charge in [0.05, 0.1) is 0 Å². The zero-order valence-electron chi connectivity index (χ0n) is 7.44. The molecule has 0 atom stereocenters. The van der Waals surface area contributed by atoms with Gasteiger partial charge in [0.15, 0.2) is 11.5 Å². The highest BCUT2D eigenvalue weighted by Crippen LogP contribution is 2.03. The number of aromatic nitrogens is 2. The maximum atomic E-state index is 10.6. The fourth-order valence-electron chi connectivity index (χ4n) is 0.894. The first-order valence-electron chi connectivity index (χ1n) is 3.70. The summed E-state index contributed by atoms with van der Waals surface area (Å²) in [4.78, 5) is 18.4. The molecule has 0 saturated heterocycles. The van der Waals surface area contributed by atoms with Gasteiger partial charge >= 0.3 is 5.97 Å². The molecule has 0 unspecified atom stereocenters. The Bertz CT molecular complexity index is 325. The molecule has 5 nitrogen and oxygen atoms in total. The van der Waals surface area contributed by atoms with Crippen LogP contribution in [0.5, 0.6) is 0 Å². The zero-order valence-corrected chi connectivity index (χ0v) is 7.44. The minimum Gasteiger partial charge on any atom is -0.477 e. The summed E-state index contributed by atoms with van der Waals surface area (Å²) in [6.07, 6.45) is 1.48. The molecule has 0 aliphatic heterocycles. The van der Waals surface area contributed by atoms with E-state index >= 15 is 0 Å². The Morgan fingerprint density at radius 2 is 2.38 bits per heavy atom. The van der Waals surface area contributed by atoms with Crippen molar-refractivity contribution in [3.63, 3.8) is 0 Å². The molecule has 1 aromatic rings. The predicted molar refractivity (Wildman–Crippen MR) is 44.4 cm³/mol. The van der Waals surface area contributed by atoms with Crippen LogP contribution in [0.25, 0.3) is 0 Å². The van der Waals surface area contributed by atoms with Gasteiger partial charge in [-0.1, -0.05) is 0 Å². The molecule has 0 fully saturated rings. The Kier molecular flexibility index (Phi) is 2.92. The quantitative estimate of drug-likeness (QED) is 0.742. The molecule has 70 valence electrons. The number of hydrogen-bond donors (Lipinski definition) is 1. The van der Waals surface area contributed by atoms with E-state index in [0.717, 1.165) is 0 Å². The highest BCUT2D eigenvalue weighted by Gasteiger charge is 2.10. The summed E-state index contributed by atoms with van der Waals surface area (Å²) in [6, 6.07) is 0. The lowest BCUT2D eigenvalue weighted by molar-refractivity contribution is 0.0688. The fourth-order valence-corrected chi connectivity index (χ4v) is 0.894. The molecule has 0 aromatic carbocycles. The summed E-state index contributed by atoms with van der Waals surface area (Å²) in [6.45, 7) is 1.88. The summed E-state index contributed by atoms with van der Waals surface area (Å²) < 4.78 is 4.78. The van der Waals surface area contributed by atoms with E-state index in [1.54, 1.807) is 6.92 Å². The van der Waals surface area contributed by atoms with Crippen molar-refractivity contribution < 1.29 is 14.6 Å². The van der Waals surface area contributed by atoms with E-state index in [1.807, 2.05) is 0 Å². The molecule has 0 radical (unpaired) electrons. The van der Waals surface area contributed by atoms with Crippen molar-refractivity contribution in [2.75, 3.05) is 7.11 Å². The molecular weight excluding hydrogens is 172 g/mol. The molecule has 1 rings (SSSR count). The van der Waals surface area contributed by atoms with Crippen LogP contribution in [0.2, 0.25) is 0 Å². The highest BCUT2D eigenvalue weighted by molar-refractivity contribution is 5.86. The third kappa shape index (κ3) is 2.22. The number of nitrogens with zero attached hydrogens (tertiary/aromatic N) is 2. The molecular formula is C8H10N2O3. The first-order chi connectivity index (χ1) is 6.15. The van der Waals surface area contributed by atoms with Crippen molar-refractivity contribution in [3.8, 4) is 0 Å². The Morgan fingerprint density at radius 3 is 2.92 bits per heavy atom. The number of carboxylic acid groups (broad SMARTS) is 1. The zero-order chi connectivity index (χ0) is 9.84. The van der Waals surface area contributed by atoms with E-state index < -0.39 is 5.97 Å². The van der Waals surface area contributed by atoms with E-state index in [9.17, 15) is 4.79 Å². The van der Waals surface area contributed by atoms with Crippen LogP contribution in [0.1, 0.15) is 21.9 Å². The first kappa shape index (κ1) is 9.60. The molecule has 0 aliphatic carbocycles. The van der Waals surface area contributed by atoms with Gasteiger partial charge in [-0.2, -0.15) is 0 Å². The van der Waals surface area contributed by atoms with Crippen molar-refractivity contribution in [1.82, 2.24) is 9.97 Å². The van der Waals surface area contributed by atoms with Crippen LogP contribution < -0.4 is 0 Å². The van der Waals surface area contributed by atoms with Gasteiger partial charge in [0.1, 0.15) is 6.61 Å². The highest BCUT2D eigenvalue weighted by atomic mass is 16.5. The second-order valence-electron chi connectivity index (χ2n) is 2.56. The summed E-state index contributed by atoms with van der Waals surface area (Å²) in [5.41, 5.74) is 0.578. The fraction of sp³-hybridized carbons (Fsp3) is 0.375. The van der Waals surface area contributed by atoms with Gasteiger partial charge in [-0.05, 0) is 6.92 Å². The largest absolute Gasteiger partial charge is 0.477 e. The van der Waals surface area contributed by atoms with Crippen molar-refractivity contribution in [2.45, 2.75) is 13.5 Å². The molecule has 13 heavy (non-hydrogen) atoms. The van der Waals surface area contributed by atoms with Gasteiger partial charge in [-0.15, -0.1) is 0 Å². The number of ether oxygens (including phenoxy) is 1. The van der Waals surface area contributed by atoms with Gasteiger partial charge in [0, 0.05) is 18.9 Å². The third-order valence-electron chi connectivity index (χ3n) is 1.50. The van der Waals surface area contributed by atoms with E-state index in [2.05, 4.69) is 9.97 Å². The Labute approximate surface area is 75.4 Å². The van der Waals surface area contributed by atoms with Gasteiger partial charge in [-0.3, -0.25) is 0 Å². The van der Waals surface area contributed by atoms with Crippen LogP contribution in [0, 0.1) is 6.92 Å². The first-order valence-corrected chi connectivity index (χ1v) is 3.70. The summed E-state index contributed by atoms with van der Waals surface area (Å²) in [5, 5.41) is 8.73. The number of aryl methyl sites for hydroxylation is 1. The Hall–Kier alpha value is -1.49. The molecule has 1 heterocycles. The molecule has 1 aromatic heterocycles. The van der Waals surface area contributed by atoms with E-state index in [0.29, 0.717) is 11.4 Å². The Balaban J connectivity index is 3.04. The molecule has 0 saturated carbocycles. The van der Waals surface area contributed by atoms with Crippen LogP contribution >= 0.6 is 0 Å². The molecule has 0 spiro atoms. The van der Waals surface area contributed by atoms with Crippen molar-refractivity contribution in [2.24, 2.45) is 0 Å². The molecule has 1 N–H and O–H groups in total. The summed E-state index contributed by atoms with van der Waals surface area (Å²) in [7, 11) is 1.50. The van der Waals surface area contributed by atoms with Crippen LogP contribution in [0.15, 0.2) is 6.20 Å². The van der Waals surface area contributed by atoms with Crippen LogP contribution in [-0.2, 0) is 11.3 Å². The van der Waals surface area contributed by atoms with E-state index in [1.165, 1.54) is 13.3 Å². The van der Waals surface area contributed by atoms with Crippen LogP contribution in [-0.4, -0.2) is 28.2 Å². The number of aromatic carboxylic acids is 1. The Morgan fingerprint density at radius 1 is 1.69 bits per heavy atom. The lowest BCUT2D eigenvalue weighted by Crippen LogP contribution is -2.08. The van der Waals surface area contributed by atoms with E-state index in [4.69, 9.17) is 9.84 Å². The summed E-state index contributed by atoms with van der Waals surface area (Å²) in [5.74, 6) is -0.664. The smallest absolute Gasteiger partial charge is 0.354 e. The topological polar surface area (TPSA) is 72.3 Å². The monoisotopic (exact) mass is 182 g/mol. The minimum absolute atomic E-state index is 0.0297. The number of methoxy groups -OCH3 is 1. The predicted octanol–water partition coefficient (Wildman–Crippen LogP) is 0.630. The minimum atomic E-state index is -1.04. The van der Waals surface area contributed by atoms with Gasteiger partial charge in [0.2, 0.25) is 0 Å². The third-order valence-corrected chi connectivity index (χ3v) is 1.50. The average Bonchev–Trinajstić information content (AvgIpc) is 2.08. The maximum absolute atomic E-state index is 10.6. The number of carbonyl (C=O) groups is 1. The van der Waals surface area contributed by atoms with Gasteiger partial charge in [0.25, 0.3) is 0 Å². The lowest BCUT2D eigenvalue weighted by Gasteiger charge is -2.01. The number of rotatable bonds is 3. The van der Waals surface area contributed by atoms with Gasteiger partial charge < -0.3 is 9.84 Å². The van der Waals surface area contributed by atoms with Crippen molar-refractivity contribution in [3.05, 3.63) is 23.3 Å². The second-order valence-corrected chi connectivity index (χ2v) is 2.56. The number of carboxylic acids is 1. The van der Waals surface area contributed by atoms with Crippen molar-refractivity contribution in [1.29, 1.82) is 0 Å². The molecule has 0 aliphatic rings. The normalized spacial score (nSPS) is 10.0. The average molecular weight is 182 g/mol. The molecule has 0 bridgehead atoms. The van der Waals surface area contributed by atoms with Crippen molar-refractivity contribution >= 4 is 5.97 Å². The summed E-state index contributed by atoms with van der Waals surface area (Å²) >= 11 is 0. The second kappa shape index (κ2) is 3.95. The van der Waals surface area contributed by atoms with Crippen LogP contribution in [0.4, 0.5) is 0 Å².